The van der Waals surface area contributed by atoms with Crippen molar-refractivity contribution in [2.45, 2.75) is 26.5 Å². The molecule has 0 aliphatic heterocycles. The van der Waals surface area contributed by atoms with Crippen molar-refractivity contribution in [3.05, 3.63) is 48.5 Å². The molecule has 3 rings (SSSR count). The SMILES string of the molecule is CCCO[C@H](C)n1c2ccccc2c2ccccc21. The monoisotopic (exact) mass is 253 g/mol. The van der Waals surface area contributed by atoms with Gasteiger partial charge in [0.25, 0.3) is 0 Å². The molecule has 0 amide bonds. The highest BCUT2D eigenvalue weighted by Gasteiger charge is 2.14. The van der Waals surface area contributed by atoms with Gasteiger partial charge in [-0.2, -0.15) is 0 Å². The van der Waals surface area contributed by atoms with E-state index in [-0.39, 0.29) is 6.23 Å². The van der Waals surface area contributed by atoms with E-state index in [1.54, 1.807) is 0 Å². The lowest BCUT2D eigenvalue weighted by atomic mass is 10.2. The second kappa shape index (κ2) is 5.06. The quantitative estimate of drug-likeness (QED) is 0.655. The molecule has 2 nitrogen and oxygen atoms in total. The van der Waals surface area contributed by atoms with Crippen molar-refractivity contribution in [1.82, 2.24) is 4.57 Å². The third-order valence-corrected chi connectivity index (χ3v) is 3.54. The highest BCUT2D eigenvalue weighted by atomic mass is 16.5. The van der Waals surface area contributed by atoms with Crippen LogP contribution in [0, 0.1) is 0 Å². The maximum Gasteiger partial charge on any atom is 0.131 e. The number of benzene rings is 2. The molecule has 3 aromatic rings. The normalized spacial score (nSPS) is 13.2. The maximum absolute atomic E-state index is 5.91. The van der Waals surface area contributed by atoms with Gasteiger partial charge in [0.1, 0.15) is 6.23 Å². The average Bonchev–Trinajstić information content (AvgIpc) is 2.79. The molecule has 0 spiro atoms. The van der Waals surface area contributed by atoms with Crippen molar-refractivity contribution in [1.29, 1.82) is 0 Å². The molecule has 0 N–H and O–H groups in total. The fourth-order valence-electron chi connectivity index (χ4n) is 2.71. The first-order valence-electron chi connectivity index (χ1n) is 6.92. The summed E-state index contributed by atoms with van der Waals surface area (Å²) in [6, 6.07) is 17.1. The van der Waals surface area contributed by atoms with Crippen LogP contribution in [0.1, 0.15) is 26.5 Å². The van der Waals surface area contributed by atoms with Gasteiger partial charge in [0, 0.05) is 17.4 Å². The second-order valence-corrected chi connectivity index (χ2v) is 4.87. The number of rotatable bonds is 4. The minimum absolute atomic E-state index is 0.0600. The number of ether oxygens (including phenoxy) is 1. The van der Waals surface area contributed by atoms with Gasteiger partial charge in [0.2, 0.25) is 0 Å². The zero-order chi connectivity index (χ0) is 13.2. The van der Waals surface area contributed by atoms with Gasteiger partial charge in [-0.3, -0.25) is 0 Å². The Bertz CT molecular complexity index is 645. The van der Waals surface area contributed by atoms with Crippen molar-refractivity contribution in [2.24, 2.45) is 0 Å². The van der Waals surface area contributed by atoms with E-state index < -0.39 is 0 Å². The Morgan fingerprint density at radius 1 is 0.947 bits per heavy atom. The van der Waals surface area contributed by atoms with Crippen LogP contribution in [-0.4, -0.2) is 11.2 Å². The lowest BCUT2D eigenvalue weighted by Crippen LogP contribution is -2.09. The van der Waals surface area contributed by atoms with E-state index in [1.165, 1.54) is 21.8 Å². The summed E-state index contributed by atoms with van der Waals surface area (Å²) < 4.78 is 8.21. The van der Waals surface area contributed by atoms with E-state index in [0.29, 0.717) is 0 Å². The summed E-state index contributed by atoms with van der Waals surface area (Å²) >= 11 is 0. The summed E-state index contributed by atoms with van der Waals surface area (Å²) in [5.41, 5.74) is 2.49. The molecule has 2 heteroatoms. The molecule has 0 saturated heterocycles. The maximum atomic E-state index is 5.91. The molecule has 1 aromatic heterocycles. The van der Waals surface area contributed by atoms with Crippen molar-refractivity contribution in [3.8, 4) is 0 Å². The zero-order valence-corrected chi connectivity index (χ0v) is 11.5. The van der Waals surface area contributed by atoms with E-state index in [1.807, 2.05) is 0 Å². The van der Waals surface area contributed by atoms with Gasteiger partial charge in [0.05, 0.1) is 11.0 Å². The van der Waals surface area contributed by atoms with Crippen LogP contribution < -0.4 is 0 Å². The Balaban J connectivity index is 2.24. The van der Waals surface area contributed by atoms with E-state index in [0.717, 1.165) is 13.0 Å². The smallest absolute Gasteiger partial charge is 0.131 e. The topological polar surface area (TPSA) is 14.2 Å². The number of para-hydroxylation sites is 2. The van der Waals surface area contributed by atoms with Crippen molar-refractivity contribution < 1.29 is 4.74 Å². The standard InChI is InChI=1S/C17H19NO/c1-3-12-19-13(2)18-16-10-6-4-8-14(16)15-9-5-7-11-17(15)18/h4-11,13H,3,12H2,1-2H3/t13-/m1/s1. The minimum Gasteiger partial charge on any atom is -0.358 e. The Labute approximate surface area is 113 Å². The summed E-state index contributed by atoms with van der Waals surface area (Å²) in [6.07, 6.45) is 1.10. The largest absolute Gasteiger partial charge is 0.358 e. The molecule has 1 heterocycles. The number of hydrogen-bond acceptors (Lipinski definition) is 1. The average molecular weight is 253 g/mol. The lowest BCUT2D eigenvalue weighted by molar-refractivity contribution is 0.0225. The first-order chi connectivity index (χ1) is 9.33. The molecule has 0 aliphatic carbocycles. The molecule has 0 unspecified atom stereocenters. The van der Waals surface area contributed by atoms with Gasteiger partial charge in [-0.15, -0.1) is 0 Å². The molecule has 2 aromatic carbocycles. The van der Waals surface area contributed by atoms with E-state index in [2.05, 4.69) is 66.9 Å². The van der Waals surface area contributed by atoms with Crippen LogP contribution in [0.2, 0.25) is 0 Å². The van der Waals surface area contributed by atoms with Crippen LogP contribution in [0.4, 0.5) is 0 Å². The molecule has 1 atom stereocenters. The number of fused-ring (bicyclic) bond motifs is 3. The van der Waals surface area contributed by atoms with Gasteiger partial charge in [-0.1, -0.05) is 43.3 Å². The van der Waals surface area contributed by atoms with Crippen LogP contribution in [0.5, 0.6) is 0 Å². The predicted octanol–water partition coefficient (Wildman–Crippen LogP) is 4.74. The Morgan fingerprint density at radius 3 is 2.00 bits per heavy atom. The third kappa shape index (κ3) is 2.02. The van der Waals surface area contributed by atoms with Gasteiger partial charge < -0.3 is 9.30 Å². The molecule has 0 radical (unpaired) electrons. The summed E-state index contributed by atoms with van der Waals surface area (Å²) in [5, 5.41) is 2.59. The van der Waals surface area contributed by atoms with E-state index >= 15 is 0 Å². The van der Waals surface area contributed by atoms with E-state index in [9.17, 15) is 0 Å². The molecular weight excluding hydrogens is 234 g/mol. The highest BCUT2D eigenvalue weighted by Crippen LogP contribution is 2.31. The van der Waals surface area contributed by atoms with Gasteiger partial charge in [-0.25, -0.2) is 0 Å². The summed E-state index contributed by atoms with van der Waals surface area (Å²) in [5.74, 6) is 0. The number of hydrogen-bond donors (Lipinski definition) is 0. The molecule has 19 heavy (non-hydrogen) atoms. The van der Waals surface area contributed by atoms with Crippen molar-refractivity contribution in [2.75, 3.05) is 6.61 Å². The third-order valence-electron chi connectivity index (χ3n) is 3.54. The first-order valence-corrected chi connectivity index (χ1v) is 6.92. The van der Waals surface area contributed by atoms with Crippen LogP contribution in [-0.2, 0) is 4.74 Å². The number of aromatic nitrogens is 1. The summed E-state index contributed by atoms with van der Waals surface area (Å²) in [7, 11) is 0. The summed E-state index contributed by atoms with van der Waals surface area (Å²) in [6.45, 7) is 5.05. The lowest BCUT2D eigenvalue weighted by Gasteiger charge is -2.17. The molecule has 0 fully saturated rings. The Kier molecular flexibility index (Phi) is 3.26. The van der Waals surface area contributed by atoms with Crippen LogP contribution >= 0.6 is 0 Å². The van der Waals surface area contributed by atoms with Crippen LogP contribution in [0.3, 0.4) is 0 Å². The highest BCUT2D eigenvalue weighted by molar-refractivity contribution is 6.08. The molecule has 98 valence electrons. The molecule has 0 saturated carbocycles. The van der Waals surface area contributed by atoms with Gasteiger partial charge >= 0.3 is 0 Å². The Hall–Kier alpha value is -1.80. The summed E-state index contributed by atoms with van der Waals surface area (Å²) in [4.78, 5) is 0. The fraction of sp³-hybridized carbons (Fsp3) is 0.294. The van der Waals surface area contributed by atoms with Gasteiger partial charge in [0.15, 0.2) is 0 Å². The van der Waals surface area contributed by atoms with Crippen molar-refractivity contribution >= 4 is 21.8 Å². The molecule has 0 bridgehead atoms. The first kappa shape index (κ1) is 12.2. The minimum atomic E-state index is 0.0600. The fourth-order valence-corrected chi connectivity index (χ4v) is 2.71. The number of nitrogens with zero attached hydrogens (tertiary/aromatic N) is 1. The zero-order valence-electron chi connectivity index (χ0n) is 11.5. The van der Waals surface area contributed by atoms with Crippen LogP contribution in [0.25, 0.3) is 21.8 Å². The van der Waals surface area contributed by atoms with Crippen molar-refractivity contribution in [3.63, 3.8) is 0 Å². The van der Waals surface area contributed by atoms with Crippen LogP contribution in [0.15, 0.2) is 48.5 Å². The van der Waals surface area contributed by atoms with E-state index in [4.69, 9.17) is 4.74 Å². The second-order valence-electron chi connectivity index (χ2n) is 4.87. The molecule has 0 aliphatic rings. The Morgan fingerprint density at radius 2 is 1.47 bits per heavy atom. The molecular formula is C17H19NO. The van der Waals surface area contributed by atoms with Gasteiger partial charge in [-0.05, 0) is 25.5 Å². The predicted molar refractivity (Wildman–Crippen MR) is 80.4 cm³/mol.